The van der Waals surface area contributed by atoms with Crippen molar-refractivity contribution in [3.8, 4) is 0 Å². The van der Waals surface area contributed by atoms with Crippen LogP contribution in [0.25, 0.3) is 0 Å². The lowest BCUT2D eigenvalue weighted by Gasteiger charge is -2.09. The molecular weight excluding hydrogens is 403 g/mol. The monoisotopic (exact) mass is 416 g/mol. The van der Waals surface area contributed by atoms with Gasteiger partial charge in [-0.15, -0.1) is 0 Å². The van der Waals surface area contributed by atoms with Crippen LogP contribution >= 0.6 is 23.2 Å². The van der Waals surface area contributed by atoms with E-state index in [2.05, 4.69) is 5.32 Å². The van der Waals surface area contributed by atoms with Crippen LogP contribution in [0.3, 0.4) is 0 Å². The third kappa shape index (κ3) is 5.18. The molecule has 0 aromatic heterocycles. The summed E-state index contributed by atoms with van der Waals surface area (Å²) in [4.78, 5) is 23.7. The number of primary sulfonamides is 1. The number of esters is 1. The highest BCUT2D eigenvalue weighted by atomic mass is 35.5. The zero-order chi connectivity index (χ0) is 19.5. The maximum Gasteiger partial charge on any atom is 0.338 e. The van der Waals surface area contributed by atoms with Crippen LogP contribution in [0.5, 0.6) is 0 Å². The zero-order valence-electron chi connectivity index (χ0n) is 13.5. The fourth-order valence-electron chi connectivity index (χ4n) is 2.02. The van der Waals surface area contributed by atoms with E-state index in [0.717, 1.165) is 0 Å². The molecule has 2 rings (SSSR count). The smallest absolute Gasteiger partial charge is 0.338 e. The quantitative estimate of drug-likeness (QED) is 0.726. The van der Waals surface area contributed by atoms with Gasteiger partial charge in [0.05, 0.1) is 20.5 Å². The Balaban J connectivity index is 2.01. The Labute approximate surface area is 160 Å². The SMILES string of the molecule is Cc1ccc(NC(=O)COC(=O)c2ccc(Cl)c(Cl)c2)cc1S(N)(=O)=O. The number of halogens is 2. The predicted molar refractivity (Wildman–Crippen MR) is 97.9 cm³/mol. The molecule has 2 aromatic carbocycles. The first-order chi connectivity index (χ1) is 12.1. The average molecular weight is 417 g/mol. The summed E-state index contributed by atoms with van der Waals surface area (Å²) in [6, 6.07) is 8.39. The number of carbonyl (C=O) groups is 2. The van der Waals surface area contributed by atoms with E-state index in [1.54, 1.807) is 6.92 Å². The molecule has 3 N–H and O–H groups in total. The Morgan fingerprint density at radius 3 is 2.42 bits per heavy atom. The maximum atomic E-state index is 11.9. The van der Waals surface area contributed by atoms with E-state index in [1.165, 1.54) is 36.4 Å². The number of ether oxygens (including phenoxy) is 1. The zero-order valence-corrected chi connectivity index (χ0v) is 15.8. The lowest BCUT2D eigenvalue weighted by molar-refractivity contribution is -0.119. The molecule has 0 aliphatic heterocycles. The van der Waals surface area contributed by atoms with E-state index in [9.17, 15) is 18.0 Å². The molecule has 0 saturated heterocycles. The molecule has 10 heteroatoms. The van der Waals surface area contributed by atoms with Gasteiger partial charge in [-0.2, -0.15) is 0 Å². The van der Waals surface area contributed by atoms with Crippen molar-refractivity contribution in [3.05, 3.63) is 57.6 Å². The molecule has 0 aliphatic carbocycles. The summed E-state index contributed by atoms with van der Waals surface area (Å²) in [6.45, 7) is 1.00. The topological polar surface area (TPSA) is 116 Å². The fraction of sp³-hybridized carbons (Fsp3) is 0.125. The normalized spacial score (nSPS) is 11.1. The number of rotatable bonds is 5. The molecule has 138 valence electrons. The van der Waals surface area contributed by atoms with Crippen LogP contribution in [0, 0.1) is 6.92 Å². The number of benzene rings is 2. The second-order valence-corrected chi connectivity index (χ2v) is 7.62. The first-order valence-electron chi connectivity index (χ1n) is 7.13. The van der Waals surface area contributed by atoms with Crippen LogP contribution in [0.15, 0.2) is 41.3 Å². The van der Waals surface area contributed by atoms with Gasteiger partial charge in [0.2, 0.25) is 10.0 Å². The fourth-order valence-corrected chi connectivity index (χ4v) is 3.13. The van der Waals surface area contributed by atoms with Crippen molar-refractivity contribution in [2.75, 3.05) is 11.9 Å². The molecule has 0 aliphatic rings. The largest absolute Gasteiger partial charge is 0.452 e. The number of amides is 1. The van der Waals surface area contributed by atoms with E-state index >= 15 is 0 Å². The van der Waals surface area contributed by atoms with Gasteiger partial charge in [0.25, 0.3) is 5.91 Å². The van der Waals surface area contributed by atoms with Crippen molar-refractivity contribution in [2.45, 2.75) is 11.8 Å². The summed E-state index contributed by atoms with van der Waals surface area (Å²) >= 11 is 11.6. The van der Waals surface area contributed by atoms with E-state index in [0.29, 0.717) is 5.56 Å². The molecule has 0 unspecified atom stereocenters. The summed E-state index contributed by atoms with van der Waals surface area (Å²) in [7, 11) is -3.92. The number of nitrogens with one attached hydrogen (secondary N) is 1. The number of hydrogen-bond acceptors (Lipinski definition) is 5. The highest BCUT2D eigenvalue weighted by molar-refractivity contribution is 7.89. The highest BCUT2D eigenvalue weighted by Crippen LogP contribution is 2.23. The van der Waals surface area contributed by atoms with Gasteiger partial charge in [-0.3, -0.25) is 4.79 Å². The number of hydrogen-bond donors (Lipinski definition) is 2. The summed E-state index contributed by atoms with van der Waals surface area (Å²) < 4.78 is 27.9. The van der Waals surface area contributed by atoms with Gasteiger partial charge in [0.15, 0.2) is 6.61 Å². The molecule has 0 bridgehead atoms. The third-order valence-corrected chi connectivity index (χ3v) is 5.06. The third-order valence-electron chi connectivity index (χ3n) is 3.27. The van der Waals surface area contributed by atoms with E-state index in [1.807, 2.05) is 0 Å². The molecule has 1 amide bonds. The lowest BCUT2D eigenvalue weighted by Crippen LogP contribution is -2.21. The molecule has 2 aromatic rings. The number of sulfonamides is 1. The van der Waals surface area contributed by atoms with Crippen molar-refractivity contribution in [3.63, 3.8) is 0 Å². The molecule has 0 spiro atoms. The van der Waals surface area contributed by atoms with Gasteiger partial charge < -0.3 is 10.1 Å². The number of aryl methyl sites for hydroxylation is 1. The first kappa shape index (κ1) is 20.2. The standard InChI is InChI=1S/C16H14Cl2N2O5S/c1-9-2-4-11(7-14(9)26(19,23)24)20-15(21)8-25-16(22)10-3-5-12(17)13(18)6-10/h2-7H,8H2,1H3,(H,20,21)(H2,19,23,24). The summed E-state index contributed by atoms with van der Waals surface area (Å²) in [5, 5.41) is 8.00. The molecule has 0 fully saturated rings. The molecule has 26 heavy (non-hydrogen) atoms. The Morgan fingerprint density at radius 1 is 1.12 bits per heavy atom. The van der Waals surface area contributed by atoms with Crippen LogP contribution in [0.4, 0.5) is 5.69 Å². The minimum absolute atomic E-state index is 0.108. The van der Waals surface area contributed by atoms with Gasteiger partial charge >= 0.3 is 5.97 Å². The molecular formula is C16H14Cl2N2O5S. The summed E-state index contributed by atoms with van der Waals surface area (Å²) in [6.07, 6.45) is 0. The van der Waals surface area contributed by atoms with Crippen molar-refractivity contribution >= 4 is 50.8 Å². The van der Waals surface area contributed by atoms with Crippen molar-refractivity contribution < 1.29 is 22.7 Å². The first-order valence-corrected chi connectivity index (χ1v) is 9.43. The van der Waals surface area contributed by atoms with Gasteiger partial charge in [-0.25, -0.2) is 18.4 Å². The minimum atomic E-state index is -3.92. The second kappa shape index (κ2) is 8.05. The summed E-state index contributed by atoms with van der Waals surface area (Å²) in [5.41, 5.74) is 0.783. The number of nitrogens with two attached hydrogens (primary N) is 1. The second-order valence-electron chi connectivity index (χ2n) is 5.28. The van der Waals surface area contributed by atoms with Crippen molar-refractivity contribution in [1.29, 1.82) is 0 Å². The highest BCUT2D eigenvalue weighted by Gasteiger charge is 2.15. The van der Waals surface area contributed by atoms with Crippen molar-refractivity contribution in [2.24, 2.45) is 5.14 Å². The molecule has 0 heterocycles. The Morgan fingerprint density at radius 2 is 1.81 bits per heavy atom. The number of carbonyl (C=O) groups excluding carboxylic acids is 2. The minimum Gasteiger partial charge on any atom is -0.452 e. The number of anilines is 1. The van der Waals surface area contributed by atoms with Gasteiger partial charge in [-0.1, -0.05) is 29.3 Å². The van der Waals surface area contributed by atoms with Crippen molar-refractivity contribution in [1.82, 2.24) is 0 Å². The van der Waals surface area contributed by atoms with E-state index in [4.69, 9.17) is 33.1 Å². The lowest BCUT2D eigenvalue weighted by atomic mass is 10.2. The molecule has 0 saturated carbocycles. The van der Waals surface area contributed by atoms with Crippen LogP contribution in [-0.4, -0.2) is 26.9 Å². The van der Waals surface area contributed by atoms with Crippen LogP contribution in [0.1, 0.15) is 15.9 Å². The van der Waals surface area contributed by atoms with Gasteiger partial charge in [0, 0.05) is 5.69 Å². The Kier molecular flexibility index (Phi) is 6.25. The Hall–Kier alpha value is -2.13. The van der Waals surface area contributed by atoms with Gasteiger partial charge in [0.1, 0.15) is 0 Å². The van der Waals surface area contributed by atoms with E-state index < -0.39 is 28.5 Å². The molecule has 0 radical (unpaired) electrons. The van der Waals surface area contributed by atoms with Gasteiger partial charge in [-0.05, 0) is 42.8 Å². The van der Waals surface area contributed by atoms with Crippen LogP contribution < -0.4 is 10.5 Å². The van der Waals surface area contributed by atoms with Crippen LogP contribution in [-0.2, 0) is 19.6 Å². The average Bonchev–Trinajstić information content (AvgIpc) is 2.56. The molecule has 7 nitrogen and oxygen atoms in total. The molecule has 0 atom stereocenters. The maximum absolute atomic E-state index is 11.9. The van der Waals surface area contributed by atoms with Crippen LogP contribution in [0.2, 0.25) is 10.0 Å². The summed E-state index contributed by atoms with van der Waals surface area (Å²) in [5.74, 6) is -1.41. The predicted octanol–water partition coefficient (Wildman–Crippen LogP) is 2.74. The Bertz CT molecular complexity index is 977. The van der Waals surface area contributed by atoms with E-state index in [-0.39, 0.29) is 26.2 Å².